The highest BCUT2D eigenvalue weighted by molar-refractivity contribution is 9.14. The number of rotatable bonds is 19. The summed E-state index contributed by atoms with van der Waals surface area (Å²) < 4.78 is 11.8. The Hall–Kier alpha value is -4.31. The molecule has 0 radical (unpaired) electrons. The van der Waals surface area contributed by atoms with Gasteiger partial charge in [-0.15, -0.1) is 11.6 Å². The molecule has 5 aliphatic rings. The van der Waals surface area contributed by atoms with Crippen LogP contribution in [0.1, 0.15) is 79.1 Å². The summed E-state index contributed by atoms with van der Waals surface area (Å²) in [5.74, 6) is -8.29. The summed E-state index contributed by atoms with van der Waals surface area (Å²) in [5.41, 5.74) is -2.81. The second-order valence-electron chi connectivity index (χ2n) is 17.2. The first-order valence-electron chi connectivity index (χ1n) is 20.9. The Morgan fingerprint density at radius 3 is 2.25 bits per heavy atom. The quantitative estimate of drug-likeness (QED) is 0.0353. The van der Waals surface area contributed by atoms with Crippen molar-refractivity contribution in [2.24, 2.45) is 28.6 Å². The van der Waals surface area contributed by atoms with Crippen LogP contribution in [0.25, 0.3) is 0 Å². The minimum absolute atomic E-state index is 0.00408. The summed E-state index contributed by atoms with van der Waals surface area (Å²) in [6, 6.07) is -1.43. The van der Waals surface area contributed by atoms with Crippen LogP contribution in [0.5, 0.6) is 0 Å². The van der Waals surface area contributed by atoms with Crippen molar-refractivity contribution in [2.45, 2.75) is 102 Å². The number of carboxylic acid groups (broad SMARTS) is 1. The van der Waals surface area contributed by atoms with Gasteiger partial charge in [0.15, 0.2) is 11.4 Å². The van der Waals surface area contributed by atoms with Gasteiger partial charge in [-0.05, 0) is 88.0 Å². The average Bonchev–Trinajstić information content (AvgIpc) is 3.57. The van der Waals surface area contributed by atoms with E-state index in [1.54, 1.807) is 19.1 Å². The summed E-state index contributed by atoms with van der Waals surface area (Å²) in [5, 5.41) is 30.5. The van der Waals surface area contributed by atoms with Crippen LogP contribution in [0.2, 0.25) is 0 Å². The number of imide groups is 1. The second-order valence-corrected chi connectivity index (χ2v) is 19.4. The molecule has 22 heteroatoms. The molecule has 0 bridgehead atoms. The number of nitrogens with one attached hydrogen (secondary N) is 4. The normalized spacial score (nSPS) is 31.0. The summed E-state index contributed by atoms with van der Waals surface area (Å²) in [6.45, 7) is 4.51. The number of aliphatic hydroxyl groups is 1. The highest BCUT2D eigenvalue weighted by Crippen LogP contribution is 2.72. The maximum absolute atomic E-state index is 14.4. The van der Waals surface area contributed by atoms with Crippen LogP contribution in [0.4, 0.5) is 0 Å². The first-order chi connectivity index (χ1) is 30.0. The topological polar surface area (TPSA) is 281 Å². The fraction of sp³-hybridized carbons (Fsp3) is 0.619. The van der Waals surface area contributed by atoms with E-state index in [9.17, 15) is 58.2 Å². The van der Waals surface area contributed by atoms with Gasteiger partial charge in [-0.1, -0.05) is 39.3 Å². The van der Waals surface area contributed by atoms with E-state index in [0.29, 0.717) is 19.3 Å². The number of allylic oxidation sites excluding steroid dienone is 4. The number of carbonyl (C=O) groups is 10. The first-order valence-corrected chi connectivity index (χ1v) is 22.8. The number of carboxylic acids is 1. The van der Waals surface area contributed by atoms with Crippen LogP contribution < -0.4 is 21.3 Å². The van der Waals surface area contributed by atoms with Gasteiger partial charge in [-0.2, -0.15) is 0 Å². The standard InChI is InChI=1S/C42H52Br2ClN5O14/c1-5-33(59)64-42(21(2)14-25-24-7-6-22-15-23(51)10-12-39(22,3)41(24,45)27(52)16-40(25,42)4)28(53)19-63-20-48-30(55)17-47-36(60)26(8-9-32(57)58)49-31(56)18-46-29(54)11-13-50-37(61)34(43)35(44)38(50)62/h10,12,15,21,24-27,52H,5-9,11,13-14,16-20H2,1-4H3,(H,46,54)(H,47,60)(H,48,55)(H,49,56)(H,57,58)/t21-,24-,25?,26-,27-,39-,40-,41-,42-/m0/s1. The molecule has 64 heavy (non-hydrogen) atoms. The number of ether oxygens (including phenoxy) is 2. The van der Waals surface area contributed by atoms with Crippen LogP contribution in [0.15, 0.2) is 32.8 Å². The van der Waals surface area contributed by atoms with E-state index < -0.39 is 125 Å². The van der Waals surface area contributed by atoms with Crippen molar-refractivity contribution in [3.8, 4) is 0 Å². The van der Waals surface area contributed by atoms with Crippen molar-refractivity contribution in [1.29, 1.82) is 0 Å². The van der Waals surface area contributed by atoms with Gasteiger partial charge in [-0.25, -0.2) is 0 Å². The van der Waals surface area contributed by atoms with Gasteiger partial charge in [0, 0.05) is 42.6 Å². The van der Waals surface area contributed by atoms with Crippen molar-refractivity contribution in [3.05, 3.63) is 32.8 Å². The highest BCUT2D eigenvalue weighted by Gasteiger charge is 2.76. The SMILES string of the molecule is CCC(=O)O[C@]1(C(=O)COCNC(=O)CNC(=O)[C@H](CCC(=O)O)NC(=O)CNC(=O)CCN2C(=O)C(Br)=C(Br)C2=O)[C@@H](C)CC2[C@@H]3CCC4=CC(=O)C=C[C@]4(C)[C@@]3(Cl)[C@@H](O)C[C@@]21C. The van der Waals surface area contributed by atoms with Crippen molar-refractivity contribution in [3.63, 3.8) is 0 Å². The van der Waals surface area contributed by atoms with Crippen molar-refractivity contribution in [1.82, 2.24) is 26.2 Å². The number of carbonyl (C=O) groups excluding carboxylic acids is 9. The van der Waals surface area contributed by atoms with Crippen molar-refractivity contribution in [2.75, 3.05) is 33.0 Å². The monoisotopic (exact) mass is 1040 g/mol. The predicted octanol–water partition coefficient (Wildman–Crippen LogP) is 1.57. The van der Waals surface area contributed by atoms with E-state index >= 15 is 0 Å². The zero-order valence-corrected chi connectivity index (χ0v) is 39.6. The summed E-state index contributed by atoms with van der Waals surface area (Å²) >= 11 is 13.5. The summed E-state index contributed by atoms with van der Waals surface area (Å²) in [7, 11) is 0. The number of hydrogen-bond donors (Lipinski definition) is 6. The Morgan fingerprint density at radius 1 is 0.953 bits per heavy atom. The van der Waals surface area contributed by atoms with E-state index in [-0.39, 0.29) is 58.8 Å². The molecule has 3 saturated carbocycles. The molecule has 0 aromatic rings. The Bertz CT molecular complexity index is 2090. The maximum Gasteiger partial charge on any atom is 0.306 e. The number of Topliss-reactive ketones (excluding diaryl/α,β-unsaturated/α-hetero) is 1. The van der Waals surface area contributed by atoms with E-state index in [4.69, 9.17) is 21.1 Å². The molecular formula is C42H52Br2ClN5O14. The van der Waals surface area contributed by atoms with Gasteiger partial charge in [0.25, 0.3) is 11.8 Å². The molecule has 350 valence electrons. The first kappa shape index (κ1) is 50.7. The molecular weight excluding hydrogens is 994 g/mol. The molecule has 0 aromatic carbocycles. The zero-order valence-electron chi connectivity index (χ0n) is 35.7. The zero-order chi connectivity index (χ0) is 47.5. The molecule has 3 fully saturated rings. The van der Waals surface area contributed by atoms with Gasteiger partial charge < -0.3 is 41.0 Å². The lowest BCUT2D eigenvalue weighted by Crippen LogP contribution is -2.69. The lowest BCUT2D eigenvalue weighted by molar-refractivity contribution is -0.203. The van der Waals surface area contributed by atoms with Crippen molar-refractivity contribution >= 4 is 102 Å². The van der Waals surface area contributed by atoms with Gasteiger partial charge in [-0.3, -0.25) is 52.8 Å². The van der Waals surface area contributed by atoms with Gasteiger partial charge in [0.1, 0.15) is 28.3 Å². The van der Waals surface area contributed by atoms with Crippen LogP contribution in [0.3, 0.4) is 0 Å². The molecule has 6 N–H and O–H groups in total. The van der Waals surface area contributed by atoms with E-state index in [0.717, 1.165) is 10.5 Å². The maximum atomic E-state index is 14.4. The number of alkyl halides is 1. The number of hydrogen-bond acceptors (Lipinski definition) is 13. The van der Waals surface area contributed by atoms with Gasteiger partial charge >= 0.3 is 11.9 Å². The van der Waals surface area contributed by atoms with Crippen LogP contribution in [-0.4, -0.2) is 130 Å². The molecule has 4 aliphatic carbocycles. The predicted molar refractivity (Wildman–Crippen MR) is 232 cm³/mol. The fourth-order valence-electron chi connectivity index (χ4n) is 10.4. The summed E-state index contributed by atoms with van der Waals surface area (Å²) in [4.78, 5) is 126. The molecule has 5 rings (SSSR count). The molecule has 0 spiro atoms. The van der Waals surface area contributed by atoms with Gasteiger partial charge in [0.05, 0.1) is 24.1 Å². The number of nitrogens with zero attached hydrogens (tertiary/aromatic N) is 1. The van der Waals surface area contributed by atoms with E-state index in [1.165, 1.54) is 6.08 Å². The van der Waals surface area contributed by atoms with E-state index in [1.807, 2.05) is 20.8 Å². The Labute approximate surface area is 390 Å². The second kappa shape index (κ2) is 20.1. The summed E-state index contributed by atoms with van der Waals surface area (Å²) in [6.07, 6.45) is 3.93. The molecule has 9 atom stereocenters. The third-order valence-electron chi connectivity index (χ3n) is 13.6. The molecule has 1 unspecified atom stereocenters. The lowest BCUT2D eigenvalue weighted by atomic mass is 9.45. The molecule has 0 saturated heterocycles. The van der Waals surface area contributed by atoms with Crippen LogP contribution in [-0.2, 0) is 57.4 Å². The molecule has 6 amide bonds. The molecule has 19 nitrogen and oxygen atoms in total. The average molecular weight is 1050 g/mol. The smallest absolute Gasteiger partial charge is 0.306 e. The third kappa shape index (κ3) is 9.50. The number of aliphatic hydroxyl groups excluding tert-OH is 1. The third-order valence-corrected chi connectivity index (χ3v) is 16.5. The number of fused-ring (bicyclic) bond motifs is 5. The van der Waals surface area contributed by atoms with Gasteiger partial charge in [0.2, 0.25) is 29.4 Å². The van der Waals surface area contributed by atoms with Crippen molar-refractivity contribution < 1.29 is 67.6 Å². The fourth-order valence-corrected chi connectivity index (χ4v) is 11.7. The number of esters is 1. The molecule has 1 aliphatic heterocycles. The van der Waals surface area contributed by atoms with Crippen LogP contribution >= 0.6 is 43.5 Å². The Kier molecular flexibility index (Phi) is 15.9. The molecule has 1 heterocycles. The number of aliphatic carboxylic acids is 1. The minimum Gasteiger partial charge on any atom is -0.481 e. The number of halogens is 3. The minimum atomic E-state index is -1.73. The largest absolute Gasteiger partial charge is 0.481 e. The lowest BCUT2D eigenvalue weighted by Gasteiger charge is -2.64. The highest BCUT2D eigenvalue weighted by atomic mass is 79.9. The van der Waals surface area contributed by atoms with E-state index in [2.05, 4.69) is 53.1 Å². The molecule has 0 aromatic heterocycles. The number of amides is 6. The Morgan fingerprint density at radius 2 is 1.61 bits per heavy atom. The number of ketones is 2. The Balaban J connectivity index is 1.14. The van der Waals surface area contributed by atoms with Crippen LogP contribution in [0, 0.1) is 28.6 Å².